The van der Waals surface area contributed by atoms with Crippen LogP contribution in [0, 0.1) is 6.92 Å². The third-order valence-corrected chi connectivity index (χ3v) is 5.47. The highest BCUT2D eigenvalue weighted by molar-refractivity contribution is 7.11. The maximum absolute atomic E-state index is 12.0. The Balaban J connectivity index is 1.91. The van der Waals surface area contributed by atoms with Crippen molar-refractivity contribution < 1.29 is 9.53 Å². The number of rotatable bonds is 7. The molecule has 1 aliphatic rings. The van der Waals surface area contributed by atoms with E-state index in [4.69, 9.17) is 4.74 Å². The van der Waals surface area contributed by atoms with E-state index in [0.29, 0.717) is 13.2 Å². The number of likely N-dealkylation sites (tertiary alicyclic amines) is 1. The number of carbonyl (C=O) groups is 1. The lowest BCUT2D eigenvalue weighted by molar-refractivity contribution is 0.0954. The number of amides is 2. The van der Waals surface area contributed by atoms with Gasteiger partial charge in [-0.15, -0.1) is 11.3 Å². The molecule has 0 atom stereocenters. The summed E-state index contributed by atoms with van der Waals surface area (Å²) >= 11 is 1.87. The number of nitrogens with one attached hydrogen (secondary N) is 2. The van der Waals surface area contributed by atoms with Crippen molar-refractivity contribution in [1.82, 2.24) is 15.5 Å². The predicted molar refractivity (Wildman–Crippen MR) is 95.0 cm³/mol. The number of methoxy groups -OCH3 is 1. The molecule has 0 aromatic carbocycles. The van der Waals surface area contributed by atoms with Crippen LogP contribution >= 0.6 is 11.3 Å². The number of urea groups is 1. The molecule has 0 radical (unpaired) electrons. The molecule has 0 aliphatic carbocycles. The third-order valence-electron chi connectivity index (χ3n) is 4.49. The van der Waals surface area contributed by atoms with Crippen LogP contribution in [0.15, 0.2) is 12.1 Å². The van der Waals surface area contributed by atoms with Gasteiger partial charge in [0.1, 0.15) is 0 Å². The molecule has 0 bridgehead atoms. The molecule has 5 nitrogen and oxygen atoms in total. The van der Waals surface area contributed by atoms with Crippen LogP contribution in [0.2, 0.25) is 0 Å². The Morgan fingerprint density at radius 3 is 2.70 bits per heavy atom. The molecule has 0 saturated carbocycles. The smallest absolute Gasteiger partial charge is 0.315 e. The Bertz CT molecular complexity index is 496. The molecule has 2 N–H and O–H groups in total. The second-order valence-corrected chi connectivity index (χ2v) is 7.67. The van der Waals surface area contributed by atoms with Crippen molar-refractivity contribution in [2.75, 3.05) is 33.4 Å². The Labute approximate surface area is 143 Å². The Hall–Kier alpha value is -1.11. The van der Waals surface area contributed by atoms with Gasteiger partial charge in [-0.3, -0.25) is 4.90 Å². The molecule has 23 heavy (non-hydrogen) atoms. The van der Waals surface area contributed by atoms with Gasteiger partial charge in [0.2, 0.25) is 0 Å². The van der Waals surface area contributed by atoms with E-state index in [0.717, 1.165) is 38.9 Å². The molecule has 1 saturated heterocycles. The minimum atomic E-state index is -0.142. The maximum atomic E-state index is 12.0. The molecule has 2 heterocycles. The van der Waals surface area contributed by atoms with Crippen molar-refractivity contribution in [2.24, 2.45) is 0 Å². The molecule has 1 fully saturated rings. The van der Waals surface area contributed by atoms with Crippen LogP contribution in [0.1, 0.15) is 35.9 Å². The number of nitrogens with zero attached hydrogens (tertiary/aromatic N) is 1. The summed E-state index contributed by atoms with van der Waals surface area (Å²) in [5.74, 6) is 0. The van der Waals surface area contributed by atoms with E-state index in [2.05, 4.69) is 34.6 Å². The lowest BCUT2D eigenvalue weighted by atomic mass is 9.84. The Morgan fingerprint density at radius 1 is 1.39 bits per heavy atom. The molecule has 0 unspecified atom stereocenters. The van der Waals surface area contributed by atoms with Crippen LogP contribution in [-0.2, 0) is 11.3 Å². The number of piperidine rings is 1. The van der Waals surface area contributed by atoms with Gasteiger partial charge in [0.05, 0.1) is 0 Å². The zero-order chi connectivity index (χ0) is 16.7. The summed E-state index contributed by atoms with van der Waals surface area (Å²) in [5.41, 5.74) is -0.142. The first-order valence-electron chi connectivity index (χ1n) is 8.39. The summed E-state index contributed by atoms with van der Waals surface area (Å²) in [7, 11) is 1.72. The van der Waals surface area contributed by atoms with E-state index < -0.39 is 0 Å². The van der Waals surface area contributed by atoms with Gasteiger partial charge in [0.15, 0.2) is 0 Å². The van der Waals surface area contributed by atoms with Gasteiger partial charge in [-0.25, -0.2) is 4.79 Å². The summed E-state index contributed by atoms with van der Waals surface area (Å²) in [6.07, 6.45) is 2.81. The van der Waals surface area contributed by atoms with Crippen molar-refractivity contribution in [2.45, 2.75) is 45.2 Å². The number of hydrogen-bond donors (Lipinski definition) is 2. The summed E-state index contributed by atoms with van der Waals surface area (Å²) in [6.45, 7) is 8.44. The predicted octanol–water partition coefficient (Wildman–Crippen LogP) is 2.75. The first-order chi connectivity index (χ1) is 11.1. The number of hydrogen-bond acceptors (Lipinski definition) is 4. The van der Waals surface area contributed by atoms with Crippen LogP contribution in [0.5, 0.6) is 0 Å². The second kappa shape index (κ2) is 8.66. The highest BCUT2D eigenvalue weighted by Gasteiger charge is 2.35. The highest BCUT2D eigenvalue weighted by Crippen LogP contribution is 2.28. The summed E-state index contributed by atoms with van der Waals surface area (Å²) < 4.78 is 5.25. The first kappa shape index (κ1) is 18.2. The van der Waals surface area contributed by atoms with E-state index in [-0.39, 0.29) is 11.6 Å². The molecule has 1 aromatic rings. The lowest BCUT2D eigenvalue weighted by Gasteiger charge is -2.42. The molecule has 1 aliphatic heterocycles. The standard InChI is InChI=1S/C17H29N3O2S/c1-4-18-16(21)19-17(9-12-22-3)7-10-20(11-8-17)13-15-6-5-14(2)23-15/h5-6H,4,7-13H2,1-3H3,(H2,18,19,21). The van der Waals surface area contributed by atoms with Crippen LogP contribution in [0.3, 0.4) is 0 Å². The van der Waals surface area contributed by atoms with Gasteiger partial charge in [-0.05, 0) is 45.2 Å². The number of thiophene rings is 1. The number of aryl methyl sites for hydroxylation is 1. The molecule has 130 valence electrons. The monoisotopic (exact) mass is 339 g/mol. The lowest BCUT2D eigenvalue weighted by Crippen LogP contribution is -2.57. The summed E-state index contributed by atoms with van der Waals surface area (Å²) in [4.78, 5) is 17.2. The van der Waals surface area contributed by atoms with Crippen molar-refractivity contribution in [3.8, 4) is 0 Å². The zero-order valence-corrected chi connectivity index (χ0v) is 15.3. The molecular formula is C17H29N3O2S. The minimum absolute atomic E-state index is 0.0639. The van der Waals surface area contributed by atoms with Crippen LogP contribution < -0.4 is 10.6 Å². The normalized spacial score (nSPS) is 17.9. The molecular weight excluding hydrogens is 310 g/mol. The molecule has 2 amide bonds. The van der Waals surface area contributed by atoms with Crippen molar-refractivity contribution >= 4 is 17.4 Å². The fourth-order valence-corrected chi connectivity index (χ4v) is 4.04. The summed E-state index contributed by atoms with van der Waals surface area (Å²) in [6, 6.07) is 4.34. The van der Waals surface area contributed by atoms with Gasteiger partial charge in [-0.2, -0.15) is 0 Å². The molecule has 6 heteroatoms. The fraction of sp³-hybridized carbons (Fsp3) is 0.706. The average molecular weight is 340 g/mol. The van der Waals surface area contributed by atoms with E-state index in [1.807, 2.05) is 18.3 Å². The fourth-order valence-electron chi connectivity index (χ4n) is 3.11. The molecule has 0 spiro atoms. The van der Waals surface area contributed by atoms with Gasteiger partial charge < -0.3 is 15.4 Å². The van der Waals surface area contributed by atoms with Crippen LogP contribution in [0.4, 0.5) is 4.79 Å². The Morgan fingerprint density at radius 2 is 2.13 bits per heavy atom. The second-order valence-electron chi connectivity index (χ2n) is 6.30. The summed E-state index contributed by atoms with van der Waals surface area (Å²) in [5, 5.41) is 6.05. The van der Waals surface area contributed by atoms with E-state index >= 15 is 0 Å². The SMILES string of the molecule is CCNC(=O)NC1(CCOC)CCN(Cc2ccc(C)s2)CC1. The minimum Gasteiger partial charge on any atom is -0.385 e. The quantitative estimate of drug-likeness (QED) is 0.803. The van der Waals surface area contributed by atoms with E-state index in [9.17, 15) is 4.79 Å². The first-order valence-corrected chi connectivity index (χ1v) is 9.21. The van der Waals surface area contributed by atoms with Crippen molar-refractivity contribution in [1.29, 1.82) is 0 Å². The van der Waals surface area contributed by atoms with Crippen molar-refractivity contribution in [3.63, 3.8) is 0 Å². The number of carbonyl (C=O) groups excluding carboxylic acids is 1. The number of ether oxygens (including phenoxy) is 1. The topological polar surface area (TPSA) is 53.6 Å². The van der Waals surface area contributed by atoms with Gasteiger partial charge >= 0.3 is 6.03 Å². The van der Waals surface area contributed by atoms with Crippen molar-refractivity contribution in [3.05, 3.63) is 21.9 Å². The van der Waals surface area contributed by atoms with E-state index in [1.54, 1.807) is 7.11 Å². The van der Waals surface area contributed by atoms with Gasteiger partial charge in [-0.1, -0.05) is 0 Å². The molecule has 1 aromatic heterocycles. The molecule has 2 rings (SSSR count). The van der Waals surface area contributed by atoms with E-state index in [1.165, 1.54) is 9.75 Å². The maximum Gasteiger partial charge on any atom is 0.315 e. The van der Waals surface area contributed by atoms with Crippen LogP contribution in [0.25, 0.3) is 0 Å². The average Bonchev–Trinajstić information content (AvgIpc) is 2.93. The highest BCUT2D eigenvalue weighted by atomic mass is 32.1. The van der Waals surface area contributed by atoms with Gasteiger partial charge in [0, 0.05) is 55.2 Å². The zero-order valence-electron chi connectivity index (χ0n) is 14.5. The third kappa shape index (κ3) is 5.48. The largest absolute Gasteiger partial charge is 0.385 e. The van der Waals surface area contributed by atoms with Crippen LogP contribution in [-0.4, -0.2) is 49.8 Å². The van der Waals surface area contributed by atoms with Gasteiger partial charge in [0.25, 0.3) is 0 Å². The Kier molecular flexibility index (Phi) is 6.87.